The molecule has 4 rings (SSSR count). The van der Waals surface area contributed by atoms with E-state index in [2.05, 4.69) is 48.9 Å². The van der Waals surface area contributed by atoms with Gasteiger partial charge in [0.05, 0.1) is 0 Å². The molecule has 2 aliphatic heterocycles. The number of fused-ring (bicyclic) bond motifs is 2. The van der Waals surface area contributed by atoms with Crippen LogP contribution in [0.15, 0.2) is 46.2 Å². The zero-order valence-electron chi connectivity index (χ0n) is 15.8. The van der Waals surface area contributed by atoms with Gasteiger partial charge in [0.2, 0.25) is 0 Å². The minimum Gasteiger partial charge on any atom is -0.304 e. The van der Waals surface area contributed by atoms with Crippen LogP contribution in [0.1, 0.15) is 42.5 Å². The van der Waals surface area contributed by atoms with Crippen molar-refractivity contribution in [1.82, 2.24) is 9.80 Å². The first-order chi connectivity index (χ1) is 12.5. The Labute approximate surface area is 160 Å². The fourth-order valence-corrected chi connectivity index (χ4v) is 5.08. The number of nitrogens with zero attached hydrogens (tertiary/aromatic N) is 2. The van der Waals surface area contributed by atoms with Crippen molar-refractivity contribution in [2.75, 3.05) is 33.2 Å². The smallest absolute Gasteiger partial charge is 0.123 e. The number of rotatable bonds is 2. The van der Waals surface area contributed by atoms with Crippen LogP contribution in [0.3, 0.4) is 0 Å². The van der Waals surface area contributed by atoms with Gasteiger partial charge >= 0.3 is 0 Å². The molecule has 2 nitrogen and oxygen atoms in total. The molecule has 1 unspecified atom stereocenters. The number of benzene rings is 2. The Morgan fingerprint density at radius 1 is 1.00 bits per heavy atom. The molecule has 0 bridgehead atoms. The van der Waals surface area contributed by atoms with Crippen LogP contribution in [0.25, 0.3) is 0 Å². The third kappa shape index (κ3) is 3.55. The number of hydrogen-bond acceptors (Lipinski definition) is 3. The minimum atomic E-state index is -0.129. The Balaban J connectivity index is 1.78. The van der Waals surface area contributed by atoms with Crippen molar-refractivity contribution in [3.8, 4) is 0 Å². The van der Waals surface area contributed by atoms with E-state index in [9.17, 15) is 4.39 Å². The normalized spacial score (nSPS) is 21.3. The van der Waals surface area contributed by atoms with Crippen LogP contribution in [0.5, 0.6) is 0 Å². The summed E-state index contributed by atoms with van der Waals surface area (Å²) in [5, 5.41) is 0. The zero-order valence-corrected chi connectivity index (χ0v) is 16.7. The molecule has 0 amide bonds. The van der Waals surface area contributed by atoms with Gasteiger partial charge in [-0.1, -0.05) is 37.7 Å². The first kappa shape index (κ1) is 18.0. The predicted molar refractivity (Wildman–Crippen MR) is 107 cm³/mol. The Morgan fingerprint density at radius 2 is 1.73 bits per heavy atom. The largest absolute Gasteiger partial charge is 0.304 e. The molecule has 2 aliphatic rings. The molecule has 2 heterocycles. The summed E-state index contributed by atoms with van der Waals surface area (Å²) in [6, 6.07) is 12.5. The number of halogens is 1. The molecular formula is C22H27FN2S. The summed E-state index contributed by atoms with van der Waals surface area (Å²) in [6.07, 6.45) is 0.887. The summed E-state index contributed by atoms with van der Waals surface area (Å²) < 4.78 is 13.9. The van der Waals surface area contributed by atoms with Crippen LogP contribution in [-0.4, -0.2) is 43.0 Å². The SMILES string of the molecule is CC(C)c1ccc2c(c1)C(N1CCN(C)CC1)Cc1cc(F)ccc1S2. The summed E-state index contributed by atoms with van der Waals surface area (Å²) in [5.41, 5.74) is 3.95. The quantitative estimate of drug-likeness (QED) is 0.739. The lowest BCUT2D eigenvalue weighted by Crippen LogP contribution is -2.46. The van der Waals surface area contributed by atoms with Crippen LogP contribution < -0.4 is 0 Å². The van der Waals surface area contributed by atoms with Gasteiger partial charge in [0, 0.05) is 42.0 Å². The highest BCUT2D eigenvalue weighted by molar-refractivity contribution is 7.99. The van der Waals surface area contributed by atoms with Crippen LogP contribution in [0.2, 0.25) is 0 Å². The lowest BCUT2D eigenvalue weighted by Gasteiger charge is -2.38. The standard InChI is InChI=1S/C22H27FN2S/c1-15(2)16-4-6-22-19(13-16)20(25-10-8-24(3)9-11-25)14-17-12-18(23)5-7-21(17)26-22/h4-7,12-13,15,20H,8-11,14H2,1-3H3. The third-order valence-electron chi connectivity index (χ3n) is 5.69. The van der Waals surface area contributed by atoms with Crippen molar-refractivity contribution >= 4 is 11.8 Å². The second-order valence-corrected chi connectivity index (χ2v) is 8.95. The van der Waals surface area contributed by atoms with Crippen molar-refractivity contribution in [2.45, 2.75) is 42.0 Å². The highest BCUT2D eigenvalue weighted by Crippen LogP contribution is 2.44. The van der Waals surface area contributed by atoms with E-state index in [0.717, 1.165) is 38.2 Å². The van der Waals surface area contributed by atoms with Crippen LogP contribution in [0.4, 0.5) is 4.39 Å². The van der Waals surface area contributed by atoms with Gasteiger partial charge in [-0.3, -0.25) is 4.90 Å². The number of piperazine rings is 1. The maximum Gasteiger partial charge on any atom is 0.123 e. The van der Waals surface area contributed by atoms with Gasteiger partial charge < -0.3 is 4.90 Å². The van der Waals surface area contributed by atoms with Crippen LogP contribution in [-0.2, 0) is 6.42 Å². The van der Waals surface area contributed by atoms with E-state index in [4.69, 9.17) is 0 Å². The van der Waals surface area contributed by atoms with Gasteiger partial charge in [-0.05, 0) is 60.3 Å². The molecule has 1 fully saturated rings. The summed E-state index contributed by atoms with van der Waals surface area (Å²) in [5.74, 6) is 0.386. The fraction of sp³-hybridized carbons (Fsp3) is 0.455. The van der Waals surface area contributed by atoms with Gasteiger partial charge in [0.15, 0.2) is 0 Å². The van der Waals surface area contributed by atoms with E-state index >= 15 is 0 Å². The van der Waals surface area contributed by atoms with Crippen molar-refractivity contribution in [3.63, 3.8) is 0 Å². The zero-order chi connectivity index (χ0) is 18.3. The van der Waals surface area contributed by atoms with Gasteiger partial charge in [-0.25, -0.2) is 4.39 Å². The summed E-state index contributed by atoms with van der Waals surface area (Å²) >= 11 is 1.80. The predicted octanol–water partition coefficient (Wildman–Crippen LogP) is 4.94. The molecule has 1 atom stereocenters. The Morgan fingerprint density at radius 3 is 2.46 bits per heavy atom. The molecule has 138 valence electrons. The molecule has 2 aromatic carbocycles. The van der Waals surface area contributed by atoms with Crippen molar-refractivity contribution in [3.05, 3.63) is 58.9 Å². The second-order valence-electron chi connectivity index (χ2n) is 7.87. The fourth-order valence-electron chi connectivity index (χ4n) is 3.98. The van der Waals surface area contributed by atoms with Crippen molar-refractivity contribution in [1.29, 1.82) is 0 Å². The molecule has 0 N–H and O–H groups in total. The number of likely N-dealkylation sites (N-methyl/N-ethyl adjacent to an activating group) is 1. The lowest BCUT2D eigenvalue weighted by atomic mass is 9.93. The molecule has 0 aliphatic carbocycles. The summed E-state index contributed by atoms with van der Waals surface area (Å²) in [7, 11) is 2.19. The first-order valence-electron chi connectivity index (χ1n) is 9.54. The third-order valence-corrected chi connectivity index (χ3v) is 6.90. The highest BCUT2D eigenvalue weighted by Gasteiger charge is 2.30. The molecule has 1 saturated heterocycles. The average Bonchev–Trinajstić information content (AvgIpc) is 2.78. The molecule has 0 radical (unpaired) electrons. The topological polar surface area (TPSA) is 6.48 Å². The van der Waals surface area contributed by atoms with Gasteiger partial charge in [-0.15, -0.1) is 0 Å². The maximum atomic E-state index is 13.9. The second kappa shape index (κ2) is 7.34. The lowest BCUT2D eigenvalue weighted by molar-refractivity contribution is 0.110. The molecule has 2 aromatic rings. The first-order valence-corrected chi connectivity index (χ1v) is 10.4. The van der Waals surface area contributed by atoms with E-state index in [1.165, 1.54) is 20.9 Å². The van der Waals surface area contributed by atoms with Crippen LogP contribution in [0, 0.1) is 5.82 Å². The highest BCUT2D eigenvalue weighted by atomic mass is 32.2. The Bertz CT molecular complexity index is 797. The van der Waals surface area contributed by atoms with Gasteiger partial charge in [0.1, 0.15) is 5.82 Å². The molecule has 0 aromatic heterocycles. The molecule has 0 spiro atoms. The molecule has 26 heavy (non-hydrogen) atoms. The molecule has 4 heteroatoms. The maximum absolute atomic E-state index is 13.9. The molecular weight excluding hydrogens is 343 g/mol. The molecule has 0 saturated carbocycles. The van der Waals surface area contributed by atoms with Crippen molar-refractivity contribution in [2.24, 2.45) is 0 Å². The average molecular weight is 371 g/mol. The van der Waals surface area contributed by atoms with Gasteiger partial charge in [-0.2, -0.15) is 0 Å². The Hall–Kier alpha value is -1.36. The number of hydrogen-bond donors (Lipinski definition) is 0. The van der Waals surface area contributed by atoms with Crippen LogP contribution >= 0.6 is 11.8 Å². The van der Waals surface area contributed by atoms with E-state index in [1.54, 1.807) is 23.9 Å². The van der Waals surface area contributed by atoms with E-state index in [1.807, 2.05) is 6.07 Å². The van der Waals surface area contributed by atoms with E-state index < -0.39 is 0 Å². The summed E-state index contributed by atoms with van der Waals surface area (Å²) in [6.45, 7) is 8.84. The monoisotopic (exact) mass is 370 g/mol. The minimum absolute atomic E-state index is 0.129. The van der Waals surface area contributed by atoms with Gasteiger partial charge in [0.25, 0.3) is 0 Å². The van der Waals surface area contributed by atoms with E-state index in [0.29, 0.717) is 12.0 Å². The van der Waals surface area contributed by atoms with Crippen molar-refractivity contribution < 1.29 is 4.39 Å². The Kier molecular flexibility index (Phi) is 5.09. The van der Waals surface area contributed by atoms with E-state index in [-0.39, 0.29) is 5.82 Å². The summed E-state index contributed by atoms with van der Waals surface area (Å²) in [4.78, 5) is 7.51.